The Hall–Kier alpha value is -2.00. The first-order valence-electron chi connectivity index (χ1n) is 10.4. The molecule has 1 saturated heterocycles. The Morgan fingerprint density at radius 2 is 2.15 bits per heavy atom. The molecule has 2 atom stereocenters. The SMILES string of the molecule is C=C[C@H]1CN(CCCCC)CCC1CC(=O)Cc1ccnc2ccccc12. The van der Waals surface area contributed by atoms with Gasteiger partial charge >= 0.3 is 0 Å². The average molecular weight is 365 g/mol. The van der Waals surface area contributed by atoms with Crippen molar-refractivity contribution >= 4 is 16.7 Å². The van der Waals surface area contributed by atoms with E-state index in [4.69, 9.17) is 0 Å². The molecule has 0 aliphatic carbocycles. The van der Waals surface area contributed by atoms with Crippen LogP contribution in [0.15, 0.2) is 49.2 Å². The molecule has 27 heavy (non-hydrogen) atoms. The number of pyridine rings is 1. The van der Waals surface area contributed by atoms with Crippen LogP contribution in [0, 0.1) is 11.8 Å². The topological polar surface area (TPSA) is 33.2 Å². The lowest BCUT2D eigenvalue weighted by atomic mass is 9.81. The first-order valence-corrected chi connectivity index (χ1v) is 10.4. The zero-order chi connectivity index (χ0) is 19.1. The molecule has 1 unspecified atom stereocenters. The third-order valence-corrected chi connectivity index (χ3v) is 5.89. The van der Waals surface area contributed by atoms with Crippen molar-refractivity contribution in [2.75, 3.05) is 19.6 Å². The van der Waals surface area contributed by atoms with Gasteiger partial charge in [0.15, 0.2) is 0 Å². The summed E-state index contributed by atoms with van der Waals surface area (Å²) in [5.74, 6) is 1.20. The van der Waals surface area contributed by atoms with E-state index in [1.165, 1.54) is 25.8 Å². The highest BCUT2D eigenvalue weighted by Crippen LogP contribution is 2.29. The number of benzene rings is 1. The first-order chi connectivity index (χ1) is 13.2. The van der Waals surface area contributed by atoms with E-state index in [-0.39, 0.29) is 0 Å². The van der Waals surface area contributed by atoms with Gasteiger partial charge in [0.05, 0.1) is 5.52 Å². The van der Waals surface area contributed by atoms with Crippen LogP contribution in [0.25, 0.3) is 10.9 Å². The van der Waals surface area contributed by atoms with Crippen LogP contribution < -0.4 is 0 Å². The van der Waals surface area contributed by atoms with Crippen LogP contribution in [0.2, 0.25) is 0 Å². The minimum atomic E-state index is 0.336. The number of aromatic nitrogens is 1. The van der Waals surface area contributed by atoms with Gasteiger partial charge in [0, 0.05) is 31.0 Å². The van der Waals surface area contributed by atoms with Crippen molar-refractivity contribution in [2.24, 2.45) is 11.8 Å². The minimum Gasteiger partial charge on any atom is -0.303 e. The molecule has 1 fully saturated rings. The molecular formula is C24H32N2O. The van der Waals surface area contributed by atoms with E-state index < -0.39 is 0 Å². The molecule has 1 aliphatic rings. The van der Waals surface area contributed by atoms with E-state index in [1.54, 1.807) is 0 Å². The van der Waals surface area contributed by atoms with Crippen LogP contribution in [-0.2, 0) is 11.2 Å². The molecule has 144 valence electrons. The van der Waals surface area contributed by atoms with Crippen molar-refractivity contribution in [3.63, 3.8) is 0 Å². The summed E-state index contributed by atoms with van der Waals surface area (Å²) >= 11 is 0. The molecule has 0 N–H and O–H groups in total. The number of para-hydroxylation sites is 1. The van der Waals surface area contributed by atoms with Crippen molar-refractivity contribution in [2.45, 2.75) is 45.4 Å². The number of unbranched alkanes of at least 4 members (excludes halogenated alkanes) is 2. The first kappa shape index (κ1) is 19.8. The van der Waals surface area contributed by atoms with Crippen molar-refractivity contribution < 1.29 is 4.79 Å². The van der Waals surface area contributed by atoms with Crippen LogP contribution in [0.5, 0.6) is 0 Å². The summed E-state index contributed by atoms with van der Waals surface area (Å²) in [4.78, 5) is 19.8. The second-order valence-electron chi connectivity index (χ2n) is 7.86. The molecule has 1 aliphatic heterocycles. The smallest absolute Gasteiger partial charge is 0.137 e. The molecule has 3 heteroatoms. The summed E-state index contributed by atoms with van der Waals surface area (Å²) in [5, 5.41) is 1.10. The van der Waals surface area contributed by atoms with E-state index in [1.807, 2.05) is 30.5 Å². The maximum atomic E-state index is 12.8. The highest BCUT2D eigenvalue weighted by Gasteiger charge is 2.28. The Kier molecular flexibility index (Phi) is 7.17. The van der Waals surface area contributed by atoms with Crippen molar-refractivity contribution in [3.8, 4) is 0 Å². The lowest BCUT2D eigenvalue weighted by Gasteiger charge is -2.37. The van der Waals surface area contributed by atoms with Crippen LogP contribution in [0.1, 0.15) is 44.6 Å². The number of hydrogen-bond donors (Lipinski definition) is 0. The Bertz CT molecular complexity index is 765. The van der Waals surface area contributed by atoms with E-state index in [9.17, 15) is 4.79 Å². The molecule has 1 aromatic heterocycles. The lowest BCUT2D eigenvalue weighted by Crippen LogP contribution is -2.40. The number of likely N-dealkylation sites (tertiary alicyclic amines) is 1. The zero-order valence-electron chi connectivity index (χ0n) is 16.6. The van der Waals surface area contributed by atoms with Gasteiger partial charge in [0.25, 0.3) is 0 Å². The van der Waals surface area contributed by atoms with Crippen LogP contribution in [-0.4, -0.2) is 35.3 Å². The monoisotopic (exact) mass is 364 g/mol. The summed E-state index contributed by atoms with van der Waals surface area (Å²) in [5.41, 5.74) is 2.06. The van der Waals surface area contributed by atoms with Crippen molar-refractivity contribution in [1.82, 2.24) is 9.88 Å². The summed E-state index contributed by atoms with van der Waals surface area (Å²) in [6.45, 7) is 9.65. The summed E-state index contributed by atoms with van der Waals surface area (Å²) in [6.07, 6.45) is 10.00. The van der Waals surface area contributed by atoms with E-state index in [0.29, 0.717) is 30.5 Å². The molecule has 0 spiro atoms. The molecule has 0 amide bonds. The van der Waals surface area contributed by atoms with Gasteiger partial charge < -0.3 is 4.90 Å². The Balaban J connectivity index is 1.58. The zero-order valence-corrected chi connectivity index (χ0v) is 16.6. The second kappa shape index (κ2) is 9.80. The molecule has 0 radical (unpaired) electrons. The minimum absolute atomic E-state index is 0.336. The lowest BCUT2D eigenvalue weighted by molar-refractivity contribution is -0.120. The maximum absolute atomic E-state index is 12.8. The normalized spacial score (nSPS) is 20.6. The fourth-order valence-electron chi connectivity index (χ4n) is 4.30. The number of carbonyl (C=O) groups excluding carboxylic acids is 1. The molecule has 0 saturated carbocycles. The highest BCUT2D eigenvalue weighted by molar-refractivity contribution is 5.89. The average Bonchev–Trinajstić information content (AvgIpc) is 2.69. The third kappa shape index (κ3) is 5.26. The number of rotatable bonds is 9. The van der Waals surface area contributed by atoms with Crippen LogP contribution >= 0.6 is 0 Å². The molecule has 1 aromatic carbocycles. The number of nitrogens with zero attached hydrogens (tertiary/aromatic N) is 2. The summed E-state index contributed by atoms with van der Waals surface area (Å²) < 4.78 is 0. The Morgan fingerprint density at radius 3 is 2.96 bits per heavy atom. The van der Waals surface area contributed by atoms with Crippen molar-refractivity contribution in [3.05, 3.63) is 54.7 Å². The van der Waals surface area contributed by atoms with E-state index >= 15 is 0 Å². The third-order valence-electron chi connectivity index (χ3n) is 5.89. The van der Waals surface area contributed by atoms with Crippen molar-refractivity contribution in [1.29, 1.82) is 0 Å². The van der Waals surface area contributed by atoms with Gasteiger partial charge in [-0.3, -0.25) is 9.78 Å². The van der Waals surface area contributed by atoms with E-state index in [2.05, 4.69) is 35.5 Å². The maximum Gasteiger partial charge on any atom is 0.137 e. The van der Waals surface area contributed by atoms with Gasteiger partial charge in [-0.25, -0.2) is 0 Å². The molecule has 2 heterocycles. The highest BCUT2D eigenvalue weighted by atomic mass is 16.1. The number of Topliss-reactive ketones (excluding diaryl/α,β-unsaturated/α-hetero) is 1. The predicted octanol–water partition coefficient (Wildman–Crippen LogP) is 5.05. The van der Waals surface area contributed by atoms with Gasteiger partial charge in [0.1, 0.15) is 5.78 Å². The predicted molar refractivity (Wildman–Crippen MR) is 113 cm³/mol. The number of carbonyl (C=O) groups is 1. The number of hydrogen-bond acceptors (Lipinski definition) is 3. The largest absolute Gasteiger partial charge is 0.303 e. The fourth-order valence-corrected chi connectivity index (χ4v) is 4.30. The van der Waals surface area contributed by atoms with Crippen LogP contribution in [0.3, 0.4) is 0 Å². The molecule has 3 nitrogen and oxygen atoms in total. The van der Waals surface area contributed by atoms with Crippen LogP contribution in [0.4, 0.5) is 0 Å². The number of piperidine rings is 1. The summed E-state index contributed by atoms with van der Waals surface area (Å²) in [6, 6.07) is 10.1. The van der Waals surface area contributed by atoms with Gasteiger partial charge in [-0.2, -0.15) is 0 Å². The van der Waals surface area contributed by atoms with Gasteiger partial charge in [-0.15, -0.1) is 6.58 Å². The molecule has 2 aromatic rings. The molecular weight excluding hydrogens is 332 g/mol. The van der Waals surface area contributed by atoms with Gasteiger partial charge in [0.2, 0.25) is 0 Å². The Morgan fingerprint density at radius 1 is 1.30 bits per heavy atom. The Labute approximate surface area is 163 Å². The molecule has 0 bridgehead atoms. The quantitative estimate of drug-likeness (QED) is 0.461. The molecule has 3 rings (SSSR count). The van der Waals surface area contributed by atoms with Gasteiger partial charge in [-0.05, 0) is 55.5 Å². The standard InChI is InChI=1S/C24H32N2O/c1-3-5-8-14-26-15-12-20(19(4-2)18-26)16-22(27)17-21-11-13-25-24-10-7-6-9-23(21)24/h4,6-7,9-11,13,19-20H,2-3,5,8,12,14-18H2,1H3/t19-,20?/m0/s1. The summed E-state index contributed by atoms with van der Waals surface area (Å²) in [7, 11) is 0. The van der Waals surface area contributed by atoms with E-state index in [0.717, 1.165) is 36.0 Å². The second-order valence-corrected chi connectivity index (χ2v) is 7.86. The number of ketones is 1. The fraction of sp³-hybridized carbons (Fsp3) is 0.500. The van der Waals surface area contributed by atoms with Gasteiger partial charge in [-0.1, -0.05) is 44.0 Å². The number of fused-ring (bicyclic) bond motifs is 1.